The summed E-state index contributed by atoms with van der Waals surface area (Å²) in [6.07, 6.45) is -3.72. The maximum Gasteiger partial charge on any atom is 0.586 e. The minimum Gasteiger partial charge on any atom is -0.484 e. The molecule has 0 bridgehead atoms. The summed E-state index contributed by atoms with van der Waals surface area (Å²) in [5.74, 6) is -0.907. The highest BCUT2D eigenvalue weighted by molar-refractivity contribution is 5.92. The molecule has 3 rings (SSSR count). The van der Waals surface area contributed by atoms with E-state index < -0.39 is 18.2 Å². The summed E-state index contributed by atoms with van der Waals surface area (Å²) in [5, 5.41) is 2.49. The van der Waals surface area contributed by atoms with Crippen molar-refractivity contribution in [2.24, 2.45) is 0 Å². The molecule has 136 valence electrons. The monoisotopic (exact) mass is 365 g/mol. The highest BCUT2D eigenvalue weighted by Gasteiger charge is 2.43. The van der Waals surface area contributed by atoms with E-state index in [1.165, 1.54) is 49.6 Å². The van der Waals surface area contributed by atoms with E-state index in [1.54, 1.807) is 0 Å². The number of carbonyl (C=O) groups is 2. The number of rotatable bonds is 5. The van der Waals surface area contributed by atoms with E-state index in [-0.39, 0.29) is 23.8 Å². The third-order valence-electron chi connectivity index (χ3n) is 3.33. The van der Waals surface area contributed by atoms with Crippen molar-refractivity contribution in [1.29, 1.82) is 0 Å². The van der Waals surface area contributed by atoms with Crippen molar-refractivity contribution in [2.75, 3.05) is 19.0 Å². The highest BCUT2D eigenvalue weighted by atomic mass is 19.3. The van der Waals surface area contributed by atoms with Gasteiger partial charge in [0.15, 0.2) is 18.1 Å². The molecule has 0 saturated carbocycles. The van der Waals surface area contributed by atoms with Crippen molar-refractivity contribution < 1.29 is 37.3 Å². The quantitative estimate of drug-likeness (QED) is 0.821. The molecule has 0 fully saturated rings. The summed E-state index contributed by atoms with van der Waals surface area (Å²) in [5.41, 5.74) is 0.598. The maximum absolute atomic E-state index is 13.0. The molecule has 0 atom stereocenters. The zero-order chi connectivity index (χ0) is 18.7. The predicted molar refractivity (Wildman–Crippen MR) is 84.6 cm³/mol. The van der Waals surface area contributed by atoms with Crippen molar-refractivity contribution in [3.63, 3.8) is 0 Å². The summed E-state index contributed by atoms with van der Waals surface area (Å²) < 4.78 is 44.4. The van der Waals surface area contributed by atoms with Gasteiger partial charge in [-0.2, -0.15) is 0 Å². The fourth-order valence-corrected chi connectivity index (χ4v) is 2.18. The third kappa shape index (κ3) is 4.00. The minimum atomic E-state index is -3.72. The van der Waals surface area contributed by atoms with Gasteiger partial charge in [0.25, 0.3) is 5.91 Å². The number of hydrogen-bond donors (Lipinski definition) is 1. The number of halogens is 2. The lowest BCUT2D eigenvalue weighted by molar-refractivity contribution is -0.286. The van der Waals surface area contributed by atoms with Gasteiger partial charge >= 0.3 is 12.3 Å². The number of amides is 1. The smallest absolute Gasteiger partial charge is 0.484 e. The molecule has 1 N–H and O–H groups in total. The molecule has 0 saturated heterocycles. The second kappa shape index (κ2) is 6.87. The average molecular weight is 365 g/mol. The van der Waals surface area contributed by atoms with Gasteiger partial charge in [-0.25, -0.2) is 4.79 Å². The predicted octanol–water partition coefficient (Wildman–Crippen LogP) is 2.81. The number of nitrogens with one attached hydrogen (secondary N) is 1. The molecule has 0 aliphatic carbocycles. The Kier molecular flexibility index (Phi) is 4.61. The van der Waals surface area contributed by atoms with Crippen molar-refractivity contribution in [3.8, 4) is 17.2 Å². The molecule has 0 spiro atoms. The molecular weight excluding hydrogens is 352 g/mol. The molecule has 0 radical (unpaired) electrons. The van der Waals surface area contributed by atoms with Crippen LogP contribution in [0.3, 0.4) is 0 Å². The van der Waals surface area contributed by atoms with Gasteiger partial charge in [0.2, 0.25) is 0 Å². The topological polar surface area (TPSA) is 83.1 Å². The molecule has 1 amide bonds. The Hall–Kier alpha value is -3.36. The Bertz CT molecular complexity index is 838. The summed E-state index contributed by atoms with van der Waals surface area (Å²) >= 11 is 0. The second-order valence-electron chi connectivity index (χ2n) is 5.18. The Morgan fingerprint density at radius 2 is 1.77 bits per heavy atom. The van der Waals surface area contributed by atoms with E-state index in [0.717, 1.165) is 0 Å². The summed E-state index contributed by atoms with van der Waals surface area (Å²) in [6, 6.07) is 9.91. The van der Waals surface area contributed by atoms with Gasteiger partial charge in [-0.15, -0.1) is 8.78 Å². The molecule has 7 nitrogen and oxygen atoms in total. The summed E-state index contributed by atoms with van der Waals surface area (Å²) in [7, 11) is 1.27. The number of alkyl halides is 2. The third-order valence-corrected chi connectivity index (χ3v) is 3.33. The van der Waals surface area contributed by atoms with E-state index in [2.05, 4.69) is 19.5 Å². The first kappa shape index (κ1) is 17.5. The number of carbonyl (C=O) groups excluding carboxylic acids is 2. The fraction of sp³-hybridized carbons (Fsp3) is 0.176. The minimum absolute atomic E-state index is 0.116. The number of fused-ring (bicyclic) bond motifs is 1. The van der Waals surface area contributed by atoms with Gasteiger partial charge < -0.3 is 24.3 Å². The Morgan fingerprint density at radius 3 is 2.46 bits per heavy atom. The maximum atomic E-state index is 13.0. The van der Waals surface area contributed by atoms with Crippen LogP contribution in [-0.4, -0.2) is 31.9 Å². The SMILES string of the molecule is COC(=O)c1ccc(OCC(=O)Nc2ccc3c(c2)OC(F)(F)O3)cc1. The van der Waals surface area contributed by atoms with Crippen molar-refractivity contribution >= 4 is 17.6 Å². The van der Waals surface area contributed by atoms with E-state index in [0.29, 0.717) is 11.3 Å². The van der Waals surface area contributed by atoms with Gasteiger partial charge in [-0.05, 0) is 36.4 Å². The molecular formula is C17H13F2NO6. The molecule has 1 heterocycles. The zero-order valence-electron chi connectivity index (χ0n) is 13.5. The lowest BCUT2D eigenvalue weighted by Gasteiger charge is -2.08. The molecule has 9 heteroatoms. The van der Waals surface area contributed by atoms with Crippen LogP contribution in [0.5, 0.6) is 17.2 Å². The van der Waals surface area contributed by atoms with Crippen molar-refractivity contribution in [2.45, 2.75) is 6.29 Å². The van der Waals surface area contributed by atoms with E-state index >= 15 is 0 Å². The first-order valence-corrected chi connectivity index (χ1v) is 7.37. The highest BCUT2D eigenvalue weighted by Crippen LogP contribution is 2.42. The standard InChI is InChI=1S/C17H13F2NO6/c1-23-16(22)10-2-5-12(6-3-10)24-9-15(21)20-11-4-7-13-14(8-11)26-17(18,19)25-13/h2-8H,9H2,1H3,(H,20,21). The van der Waals surface area contributed by atoms with Crippen LogP contribution < -0.4 is 19.5 Å². The largest absolute Gasteiger partial charge is 0.586 e. The van der Waals surface area contributed by atoms with Crippen LogP contribution in [0.1, 0.15) is 10.4 Å². The number of benzene rings is 2. The van der Waals surface area contributed by atoms with Gasteiger partial charge in [0, 0.05) is 11.8 Å². The second-order valence-corrected chi connectivity index (χ2v) is 5.18. The van der Waals surface area contributed by atoms with Crippen LogP contribution in [-0.2, 0) is 9.53 Å². The average Bonchev–Trinajstić information content (AvgIpc) is 2.92. The molecule has 2 aromatic rings. The molecule has 2 aromatic carbocycles. The van der Waals surface area contributed by atoms with Crippen molar-refractivity contribution in [1.82, 2.24) is 0 Å². The molecule has 0 aromatic heterocycles. The zero-order valence-corrected chi connectivity index (χ0v) is 13.5. The van der Waals surface area contributed by atoms with E-state index in [4.69, 9.17) is 4.74 Å². The van der Waals surface area contributed by atoms with Gasteiger partial charge in [0.05, 0.1) is 12.7 Å². The number of esters is 1. The molecule has 0 unspecified atom stereocenters. The number of hydrogen-bond acceptors (Lipinski definition) is 6. The first-order chi connectivity index (χ1) is 12.4. The van der Waals surface area contributed by atoms with Crippen LogP contribution in [0.4, 0.5) is 14.5 Å². The number of methoxy groups -OCH3 is 1. The van der Waals surface area contributed by atoms with Crippen LogP contribution >= 0.6 is 0 Å². The lowest BCUT2D eigenvalue weighted by Crippen LogP contribution is -2.25. The van der Waals surface area contributed by atoms with Gasteiger partial charge in [-0.1, -0.05) is 0 Å². The summed E-state index contributed by atoms with van der Waals surface area (Å²) in [6.45, 7) is -0.317. The molecule has 26 heavy (non-hydrogen) atoms. The fourth-order valence-electron chi connectivity index (χ4n) is 2.18. The Labute approximate surface area is 146 Å². The van der Waals surface area contributed by atoms with Gasteiger partial charge in [-0.3, -0.25) is 4.79 Å². The van der Waals surface area contributed by atoms with E-state index in [1.807, 2.05) is 0 Å². The molecule has 1 aliphatic rings. The lowest BCUT2D eigenvalue weighted by atomic mass is 10.2. The van der Waals surface area contributed by atoms with Crippen molar-refractivity contribution in [3.05, 3.63) is 48.0 Å². The number of anilines is 1. The first-order valence-electron chi connectivity index (χ1n) is 7.37. The number of ether oxygens (including phenoxy) is 4. The molecule has 1 aliphatic heterocycles. The Balaban J connectivity index is 1.54. The normalized spacial score (nSPS) is 13.8. The van der Waals surface area contributed by atoms with Crippen LogP contribution in [0.15, 0.2) is 42.5 Å². The summed E-state index contributed by atoms with van der Waals surface area (Å²) in [4.78, 5) is 23.2. The van der Waals surface area contributed by atoms with Crippen LogP contribution in [0.2, 0.25) is 0 Å². The van der Waals surface area contributed by atoms with Gasteiger partial charge in [0.1, 0.15) is 5.75 Å². The van der Waals surface area contributed by atoms with Crippen LogP contribution in [0.25, 0.3) is 0 Å². The van der Waals surface area contributed by atoms with Crippen LogP contribution in [0, 0.1) is 0 Å². The Morgan fingerprint density at radius 1 is 1.08 bits per heavy atom. The van der Waals surface area contributed by atoms with E-state index in [9.17, 15) is 18.4 Å².